The highest BCUT2D eigenvalue weighted by atomic mass is 79.9. The maximum absolute atomic E-state index is 12.1. The van der Waals surface area contributed by atoms with Gasteiger partial charge in [-0.25, -0.2) is 4.98 Å². The number of hydrogen-bond donors (Lipinski definition) is 0. The number of thiazole rings is 1. The predicted molar refractivity (Wildman–Crippen MR) is 90.3 cm³/mol. The van der Waals surface area contributed by atoms with E-state index in [0.717, 1.165) is 14.6 Å². The Kier molecular flexibility index (Phi) is 4.14. The van der Waals surface area contributed by atoms with Crippen molar-refractivity contribution in [1.29, 1.82) is 0 Å². The molecule has 0 saturated carbocycles. The number of nitrogens with zero attached hydrogens (tertiary/aromatic N) is 2. The van der Waals surface area contributed by atoms with E-state index in [-0.39, 0.29) is 12.2 Å². The van der Waals surface area contributed by atoms with E-state index in [4.69, 9.17) is 4.74 Å². The van der Waals surface area contributed by atoms with Crippen molar-refractivity contribution in [2.24, 2.45) is 0 Å². The Morgan fingerprint density at radius 1 is 1.33 bits per heavy atom. The third kappa shape index (κ3) is 3.04. The van der Waals surface area contributed by atoms with Gasteiger partial charge in [0.2, 0.25) is 0 Å². The molecule has 2 aromatic heterocycles. The lowest BCUT2D eigenvalue weighted by atomic mass is 10.3. The summed E-state index contributed by atoms with van der Waals surface area (Å²) in [7, 11) is 0. The number of benzene rings is 1. The molecule has 0 saturated heterocycles. The molecule has 0 aliphatic rings. The summed E-state index contributed by atoms with van der Waals surface area (Å²) in [6, 6.07) is 7.17. The molecule has 4 nitrogen and oxygen atoms in total. The summed E-state index contributed by atoms with van der Waals surface area (Å²) in [6.45, 7) is 2.14. The average Bonchev–Trinajstić information content (AvgIpc) is 2.80. The Morgan fingerprint density at radius 3 is 2.90 bits per heavy atom. The molecule has 108 valence electrons. The lowest BCUT2D eigenvalue weighted by Crippen LogP contribution is -2.16. The van der Waals surface area contributed by atoms with Crippen LogP contribution in [-0.4, -0.2) is 9.38 Å². The highest BCUT2D eigenvalue weighted by Gasteiger charge is 2.08. The van der Waals surface area contributed by atoms with E-state index in [1.165, 1.54) is 17.4 Å². The van der Waals surface area contributed by atoms with E-state index in [1.807, 2.05) is 30.5 Å². The lowest BCUT2D eigenvalue weighted by Gasteiger charge is -2.08. The monoisotopic (exact) mass is 428 g/mol. The smallest absolute Gasteiger partial charge is 0.259 e. The van der Waals surface area contributed by atoms with Gasteiger partial charge in [0.15, 0.2) is 4.96 Å². The van der Waals surface area contributed by atoms with Crippen LogP contribution in [0.15, 0.2) is 43.4 Å². The summed E-state index contributed by atoms with van der Waals surface area (Å²) in [4.78, 5) is 17.2. The summed E-state index contributed by atoms with van der Waals surface area (Å²) in [5.74, 6) is 0.711. The fourth-order valence-electron chi connectivity index (χ4n) is 1.92. The summed E-state index contributed by atoms with van der Waals surface area (Å²) in [5, 5.41) is 1.92. The number of aromatic nitrogens is 2. The molecule has 3 rings (SSSR count). The minimum atomic E-state index is -0.0766. The van der Waals surface area contributed by atoms with Crippen LogP contribution < -0.4 is 10.3 Å². The zero-order chi connectivity index (χ0) is 15.0. The molecule has 7 heteroatoms. The van der Waals surface area contributed by atoms with Crippen LogP contribution in [0.25, 0.3) is 4.96 Å². The zero-order valence-corrected chi connectivity index (χ0v) is 15.0. The third-order valence-electron chi connectivity index (χ3n) is 2.90. The van der Waals surface area contributed by atoms with Crippen molar-refractivity contribution in [3.63, 3.8) is 0 Å². The SMILES string of the molecule is Cc1csc2nc(COc3ccc(Br)cc3Br)cc(=O)n12. The van der Waals surface area contributed by atoms with E-state index >= 15 is 0 Å². The van der Waals surface area contributed by atoms with E-state index in [2.05, 4.69) is 36.8 Å². The molecule has 3 aromatic rings. The van der Waals surface area contributed by atoms with Crippen LogP contribution in [0.2, 0.25) is 0 Å². The molecule has 0 spiro atoms. The number of aryl methyl sites for hydroxylation is 1. The van der Waals surface area contributed by atoms with Gasteiger partial charge in [0.1, 0.15) is 12.4 Å². The molecule has 0 amide bonds. The second kappa shape index (κ2) is 5.90. The molecule has 0 fully saturated rings. The Morgan fingerprint density at radius 2 is 2.14 bits per heavy atom. The van der Waals surface area contributed by atoms with Gasteiger partial charge in [-0.1, -0.05) is 15.9 Å². The Balaban J connectivity index is 1.87. The summed E-state index contributed by atoms with van der Waals surface area (Å²) >= 11 is 8.28. The molecule has 0 bridgehead atoms. The molecule has 0 N–H and O–H groups in total. The van der Waals surface area contributed by atoms with Crippen LogP contribution in [0, 0.1) is 6.92 Å². The van der Waals surface area contributed by atoms with Gasteiger partial charge in [-0.15, -0.1) is 11.3 Å². The molecule has 0 radical (unpaired) electrons. The maximum atomic E-state index is 12.1. The van der Waals surface area contributed by atoms with Gasteiger partial charge in [0, 0.05) is 21.6 Å². The fraction of sp³-hybridized carbons (Fsp3) is 0.143. The Labute approximate surface area is 141 Å². The number of rotatable bonds is 3. The number of ether oxygens (including phenoxy) is 1. The first-order chi connectivity index (χ1) is 10.0. The first kappa shape index (κ1) is 14.7. The van der Waals surface area contributed by atoms with Crippen LogP contribution in [0.3, 0.4) is 0 Å². The minimum Gasteiger partial charge on any atom is -0.486 e. The lowest BCUT2D eigenvalue weighted by molar-refractivity contribution is 0.299. The van der Waals surface area contributed by atoms with Gasteiger partial charge in [-0.2, -0.15) is 0 Å². The topological polar surface area (TPSA) is 43.6 Å². The first-order valence-corrected chi connectivity index (χ1v) is 8.56. The van der Waals surface area contributed by atoms with Gasteiger partial charge in [0.05, 0.1) is 10.2 Å². The molecule has 21 heavy (non-hydrogen) atoms. The quantitative estimate of drug-likeness (QED) is 0.627. The largest absolute Gasteiger partial charge is 0.486 e. The Hall–Kier alpha value is -1.18. The highest BCUT2D eigenvalue weighted by molar-refractivity contribution is 9.11. The number of hydrogen-bond acceptors (Lipinski definition) is 4. The van der Waals surface area contributed by atoms with Gasteiger partial charge < -0.3 is 4.74 Å². The Bertz CT molecular complexity index is 873. The molecule has 2 heterocycles. The van der Waals surface area contributed by atoms with Crippen molar-refractivity contribution in [2.75, 3.05) is 0 Å². The first-order valence-electron chi connectivity index (χ1n) is 6.09. The highest BCUT2D eigenvalue weighted by Crippen LogP contribution is 2.28. The van der Waals surface area contributed by atoms with Crippen molar-refractivity contribution >= 4 is 48.2 Å². The fourth-order valence-corrected chi connectivity index (χ4v) is 3.97. The standard InChI is InChI=1S/C14H10Br2N2O2S/c1-8-7-21-14-17-10(5-13(19)18(8)14)6-20-12-3-2-9(15)4-11(12)16/h2-5,7H,6H2,1H3. The molecule has 1 aromatic carbocycles. The summed E-state index contributed by atoms with van der Waals surface area (Å²) in [5.41, 5.74) is 1.44. The maximum Gasteiger partial charge on any atom is 0.259 e. The van der Waals surface area contributed by atoms with Crippen molar-refractivity contribution in [2.45, 2.75) is 13.5 Å². The van der Waals surface area contributed by atoms with E-state index in [9.17, 15) is 4.79 Å². The van der Waals surface area contributed by atoms with Crippen LogP contribution in [0.5, 0.6) is 5.75 Å². The number of fused-ring (bicyclic) bond motifs is 1. The zero-order valence-electron chi connectivity index (χ0n) is 11.0. The molecule has 0 aliphatic heterocycles. The molecule has 0 aliphatic carbocycles. The normalized spacial score (nSPS) is 11.0. The average molecular weight is 430 g/mol. The minimum absolute atomic E-state index is 0.0766. The van der Waals surface area contributed by atoms with Gasteiger partial charge in [0.25, 0.3) is 5.56 Å². The van der Waals surface area contributed by atoms with Crippen LogP contribution in [-0.2, 0) is 6.61 Å². The summed E-state index contributed by atoms with van der Waals surface area (Å²) in [6.07, 6.45) is 0. The second-order valence-corrected chi connectivity index (χ2v) is 7.05. The molecule has 0 atom stereocenters. The van der Waals surface area contributed by atoms with E-state index in [1.54, 1.807) is 4.40 Å². The van der Waals surface area contributed by atoms with Crippen LogP contribution >= 0.6 is 43.2 Å². The molecular weight excluding hydrogens is 420 g/mol. The van der Waals surface area contributed by atoms with Crippen LogP contribution in [0.1, 0.15) is 11.4 Å². The van der Waals surface area contributed by atoms with Crippen molar-refractivity contribution in [1.82, 2.24) is 9.38 Å². The molecular formula is C14H10Br2N2O2S. The number of halogens is 2. The van der Waals surface area contributed by atoms with Gasteiger partial charge >= 0.3 is 0 Å². The van der Waals surface area contributed by atoms with Crippen LogP contribution in [0.4, 0.5) is 0 Å². The van der Waals surface area contributed by atoms with Crippen molar-refractivity contribution in [3.05, 3.63) is 60.3 Å². The summed E-state index contributed by atoms with van der Waals surface area (Å²) < 4.78 is 9.13. The van der Waals surface area contributed by atoms with E-state index in [0.29, 0.717) is 16.4 Å². The van der Waals surface area contributed by atoms with Gasteiger partial charge in [-0.05, 0) is 41.1 Å². The third-order valence-corrected chi connectivity index (χ3v) is 4.95. The van der Waals surface area contributed by atoms with Gasteiger partial charge in [-0.3, -0.25) is 9.20 Å². The van der Waals surface area contributed by atoms with E-state index < -0.39 is 0 Å². The van der Waals surface area contributed by atoms with Crippen molar-refractivity contribution < 1.29 is 4.74 Å². The van der Waals surface area contributed by atoms with Crippen molar-refractivity contribution in [3.8, 4) is 5.75 Å². The predicted octanol–water partition coefficient (Wildman–Crippen LogP) is 4.17. The second-order valence-electron chi connectivity index (χ2n) is 4.44. The molecule has 0 unspecified atom stereocenters.